The van der Waals surface area contributed by atoms with E-state index in [1.807, 2.05) is 0 Å². The number of nitrogens with two attached hydrogens (primary N) is 1. The van der Waals surface area contributed by atoms with Gasteiger partial charge in [-0.1, -0.05) is 27.7 Å². The summed E-state index contributed by atoms with van der Waals surface area (Å²) in [6, 6.07) is 4.30. The topological polar surface area (TPSA) is 42.1 Å². The van der Waals surface area contributed by atoms with Crippen molar-refractivity contribution in [2.75, 3.05) is 18.0 Å². The van der Waals surface area contributed by atoms with Gasteiger partial charge >= 0.3 is 0 Å². The van der Waals surface area contributed by atoms with E-state index in [1.165, 1.54) is 18.4 Å². The maximum atomic E-state index is 5.82. The fourth-order valence-corrected chi connectivity index (χ4v) is 2.79. The van der Waals surface area contributed by atoms with Gasteiger partial charge in [0.1, 0.15) is 5.82 Å². The molecule has 1 aromatic rings. The molecule has 1 fully saturated rings. The second kappa shape index (κ2) is 5.49. The van der Waals surface area contributed by atoms with Crippen molar-refractivity contribution in [3.8, 4) is 0 Å². The number of rotatable bonds is 3. The third-order valence-electron chi connectivity index (χ3n) is 3.94. The van der Waals surface area contributed by atoms with Gasteiger partial charge < -0.3 is 10.6 Å². The fraction of sp³-hybridized carbons (Fsp3) is 0.688. The molecule has 0 saturated carbocycles. The van der Waals surface area contributed by atoms with Gasteiger partial charge in [-0.2, -0.15) is 0 Å². The SMILES string of the molecule is CC(C)c1cc(CN)cc(N2CCCC(C)(C)C2)n1. The first-order valence-electron chi connectivity index (χ1n) is 7.37. The van der Waals surface area contributed by atoms with E-state index < -0.39 is 0 Å². The molecule has 0 amide bonds. The minimum atomic E-state index is 0.386. The molecule has 1 saturated heterocycles. The lowest BCUT2D eigenvalue weighted by Crippen LogP contribution is -2.40. The molecule has 1 aliphatic heterocycles. The van der Waals surface area contributed by atoms with Gasteiger partial charge in [0.25, 0.3) is 0 Å². The average Bonchev–Trinajstić information content (AvgIpc) is 2.37. The highest BCUT2D eigenvalue weighted by molar-refractivity contribution is 5.44. The van der Waals surface area contributed by atoms with Gasteiger partial charge in [-0.15, -0.1) is 0 Å². The minimum absolute atomic E-state index is 0.386. The van der Waals surface area contributed by atoms with Crippen molar-refractivity contribution < 1.29 is 0 Å². The van der Waals surface area contributed by atoms with E-state index in [4.69, 9.17) is 10.7 Å². The summed E-state index contributed by atoms with van der Waals surface area (Å²) in [5.41, 5.74) is 8.56. The average molecular weight is 261 g/mol. The van der Waals surface area contributed by atoms with Gasteiger partial charge in [-0.05, 0) is 41.9 Å². The summed E-state index contributed by atoms with van der Waals surface area (Å²) < 4.78 is 0. The molecule has 0 radical (unpaired) electrons. The van der Waals surface area contributed by atoms with Gasteiger partial charge in [-0.25, -0.2) is 4.98 Å². The molecular weight excluding hydrogens is 234 g/mol. The summed E-state index contributed by atoms with van der Waals surface area (Å²) in [5, 5.41) is 0. The van der Waals surface area contributed by atoms with Crippen LogP contribution in [0.15, 0.2) is 12.1 Å². The maximum absolute atomic E-state index is 5.82. The first-order valence-corrected chi connectivity index (χ1v) is 7.37. The third kappa shape index (κ3) is 3.47. The van der Waals surface area contributed by atoms with Crippen LogP contribution in [-0.4, -0.2) is 18.1 Å². The Morgan fingerprint density at radius 3 is 2.68 bits per heavy atom. The van der Waals surface area contributed by atoms with Crippen molar-refractivity contribution in [3.63, 3.8) is 0 Å². The molecule has 0 aliphatic carbocycles. The Hall–Kier alpha value is -1.09. The molecule has 3 heteroatoms. The van der Waals surface area contributed by atoms with E-state index in [1.54, 1.807) is 0 Å². The molecule has 1 aliphatic rings. The van der Waals surface area contributed by atoms with Crippen LogP contribution in [0.1, 0.15) is 57.7 Å². The zero-order chi connectivity index (χ0) is 14.0. The number of hydrogen-bond donors (Lipinski definition) is 1. The van der Waals surface area contributed by atoms with Gasteiger partial charge in [0.15, 0.2) is 0 Å². The van der Waals surface area contributed by atoms with Crippen molar-refractivity contribution in [1.82, 2.24) is 4.98 Å². The maximum Gasteiger partial charge on any atom is 0.129 e. The quantitative estimate of drug-likeness (QED) is 0.908. The van der Waals surface area contributed by atoms with Crippen LogP contribution < -0.4 is 10.6 Å². The lowest BCUT2D eigenvalue weighted by atomic mass is 9.84. The van der Waals surface area contributed by atoms with E-state index in [2.05, 4.69) is 44.7 Å². The molecule has 0 bridgehead atoms. The van der Waals surface area contributed by atoms with E-state index in [0.29, 0.717) is 17.9 Å². The second-order valence-electron chi connectivity index (χ2n) is 6.81. The predicted octanol–water partition coefficient (Wildman–Crippen LogP) is 3.29. The van der Waals surface area contributed by atoms with Crippen LogP contribution in [0.25, 0.3) is 0 Å². The van der Waals surface area contributed by atoms with Crippen LogP contribution in [0.2, 0.25) is 0 Å². The molecule has 106 valence electrons. The monoisotopic (exact) mass is 261 g/mol. The van der Waals surface area contributed by atoms with Crippen molar-refractivity contribution in [2.24, 2.45) is 11.1 Å². The molecule has 0 spiro atoms. The number of aromatic nitrogens is 1. The summed E-state index contributed by atoms with van der Waals surface area (Å²) in [6.07, 6.45) is 2.55. The molecule has 0 aromatic carbocycles. The molecule has 19 heavy (non-hydrogen) atoms. The summed E-state index contributed by atoms with van der Waals surface area (Å²) in [7, 11) is 0. The molecule has 0 atom stereocenters. The number of anilines is 1. The van der Waals surface area contributed by atoms with Crippen molar-refractivity contribution in [3.05, 3.63) is 23.4 Å². The Kier molecular flexibility index (Phi) is 4.14. The lowest BCUT2D eigenvalue weighted by molar-refractivity contribution is 0.292. The Labute approximate surface area is 117 Å². The number of hydrogen-bond acceptors (Lipinski definition) is 3. The Balaban J connectivity index is 2.30. The summed E-state index contributed by atoms with van der Waals surface area (Å²) >= 11 is 0. The van der Waals surface area contributed by atoms with Gasteiger partial charge in [0, 0.05) is 25.3 Å². The standard InChI is InChI=1S/C16H27N3/c1-12(2)14-8-13(10-17)9-15(18-14)19-7-5-6-16(3,4)11-19/h8-9,12H,5-7,10-11,17H2,1-4H3. The van der Waals surface area contributed by atoms with E-state index in [0.717, 1.165) is 24.6 Å². The van der Waals surface area contributed by atoms with Crippen LogP contribution in [-0.2, 0) is 6.54 Å². The zero-order valence-electron chi connectivity index (χ0n) is 12.7. The number of pyridine rings is 1. The summed E-state index contributed by atoms with van der Waals surface area (Å²) in [5.74, 6) is 1.56. The highest BCUT2D eigenvalue weighted by atomic mass is 15.2. The van der Waals surface area contributed by atoms with Gasteiger partial charge in [0.05, 0.1) is 0 Å². The number of piperidine rings is 1. The second-order valence-corrected chi connectivity index (χ2v) is 6.81. The Morgan fingerprint density at radius 2 is 2.11 bits per heavy atom. The molecular formula is C16H27N3. The van der Waals surface area contributed by atoms with Gasteiger partial charge in [0.2, 0.25) is 0 Å². The minimum Gasteiger partial charge on any atom is -0.356 e. The fourth-order valence-electron chi connectivity index (χ4n) is 2.79. The van der Waals surface area contributed by atoms with E-state index >= 15 is 0 Å². The van der Waals surface area contributed by atoms with E-state index in [9.17, 15) is 0 Å². The van der Waals surface area contributed by atoms with Crippen LogP contribution >= 0.6 is 0 Å². The zero-order valence-corrected chi connectivity index (χ0v) is 12.7. The van der Waals surface area contributed by atoms with Crippen molar-refractivity contribution in [2.45, 2.75) is 53.0 Å². The Morgan fingerprint density at radius 1 is 1.37 bits per heavy atom. The first-order chi connectivity index (χ1) is 8.91. The largest absolute Gasteiger partial charge is 0.356 e. The van der Waals surface area contributed by atoms with Gasteiger partial charge in [-0.3, -0.25) is 0 Å². The first kappa shape index (κ1) is 14.3. The van der Waals surface area contributed by atoms with Crippen LogP contribution in [0.3, 0.4) is 0 Å². The smallest absolute Gasteiger partial charge is 0.129 e. The van der Waals surface area contributed by atoms with E-state index in [-0.39, 0.29) is 0 Å². The number of nitrogens with zero attached hydrogens (tertiary/aromatic N) is 2. The molecule has 2 N–H and O–H groups in total. The highest BCUT2D eigenvalue weighted by Crippen LogP contribution is 2.31. The predicted molar refractivity (Wildman–Crippen MR) is 81.4 cm³/mol. The van der Waals surface area contributed by atoms with Crippen molar-refractivity contribution >= 4 is 5.82 Å². The van der Waals surface area contributed by atoms with Crippen LogP contribution in [0.5, 0.6) is 0 Å². The van der Waals surface area contributed by atoms with Crippen molar-refractivity contribution in [1.29, 1.82) is 0 Å². The Bertz CT molecular complexity index is 438. The lowest BCUT2D eigenvalue weighted by Gasteiger charge is -2.39. The summed E-state index contributed by atoms with van der Waals surface area (Å²) in [6.45, 7) is 11.9. The molecule has 2 heterocycles. The molecule has 1 aromatic heterocycles. The molecule has 0 unspecified atom stereocenters. The van der Waals surface area contributed by atoms with Crippen LogP contribution in [0.4, 0.5) is 5.82 Å². The normalized spacial score (nSPS) is 18.9. The summed E-state index contributed by atoms with van der Waals surface area (Å²) in [4.78, 5) is 7.27. The molecule has 2 rings (SSSR count). The molecule has 3 nitrogen and oxygen atoms in total. The van der Waals surface area contributed by atoms with Crippen LogP contribution in [0, 0.1) is 5.41 Å². The third-order valence-corrected chi connectivity index (χ3v) is 3.94. The highest BCUT2D eigenvalue weighted by Gasteiger charge is 2.27.